The van der Waals surface area contributed by atoms with Crippen LogP contribution in [-0.4, -0.2) is 48.1 Å². The number of hydrogen-bond acceptors (Lipinski definition) is 5. The minimum absolute atomic E-state index is 0.125. The Bertz CT molecular complexity index is 472. The van der Waals surface area contributed by atoms with Gasteiger partial charge in [0.25, 0.3) is 0 Å². The topological polar surface area (TPSA) is 70.2 Å². The van der Waals surface area contributed by atoms with Gasteiger partial charge in [-0.1, -0.05) is 6.92 Å². The van der Waals surface area contributed by atoms with Crippen molar-refractivity contribution < 1.29 is 4.79 Å². The lowest BCUT2D eigenvalue weighted by Gasteiger charge is -2.33. The molecule has 0 radical (unpaired) electrons. The predicted molar refractivity (Wildman–Crippen MR) is 80.9 cm³/mol. The van der Waals surface area contributed by atoms with Crippen LogP contribution in [0.2, 0.25) is 0 Å². The molecule has 1 aromatic rings. The quantitative estimate of drug-likeness (QED) is 0.844. The zero-order valence-corrected chi connectivity index (χ0v) is 12.5. The second kappa shape index (κ2) is 6.39. The highest BCUT2D eigenvalue weighted by atomic mass is 16.2. The first-order chi connectivity index (χ1) is 10.2. The van der Waals surface area contributed by atoms with Gasteiger partial charge < -0.3 is 15.5 Å². The van der Waals surface area contributed by atoms with Crippen LogP contribution < -0.4 is 15.5 Å². The van der Waals surface area contributed by atoms with Crippen molar-refractivity contribution in [2.75, 3.05) is 31.1 Å². The van der Waals surface area contributed by atoms with Crippen molar-refractivity contribution in [3.63, 3.8) is 0 Å². The Labute approximate surface area is 125 Å². The summed E-state index contributed by atoms with van der Waals surface area (Å²) in [4.78, 5) is 23.0. The van der Waals surface area contributed by atoms with Crippen molar-refractivity contribution in [3.8, 4) is 0 Å². The molecule has 6 heteroatoms. The molecular formula is C15H23N5O. The standard InChI is InChI=1S/C15H23N5O/c1-11-9-16-10-13(11)14(21)19-12-3-7-20(8-4-12)15-17-5-2-6-18-15/h2,5-6,11-13,16H,3-4,7-10H2,1H3,(H,19,21). The highest BCUT2D eigenvalue weighted by Gasteiger charge is 2.31. The molecule has 1 aromatic heterocycles. The van der Waals surface area contributed by atoms with Gasteiger partial charge >= 0.3 is 0 Å². The fourth-order valence-electron chi connectivity index (χ4n) is 3.15. The number of carbonyl (C=O) groups excluding carboxylic acids is 1. The molecule has 2 saturated heterocycles. The minimum Gasteiger partial charge on any atom is -0.353 e. The maximum Gasteiger partial charge on any atom is 0.225 e. The van der Waals surface area contributed by atoms with E-state index < -0.39 is 0 Å². The van der Waals surface area contributed by atoms with Crippen LogP contribution in [0.3, 0.4) is 0 Å². The third kappa shape index (κ3) is 3.32. The second-order valence-electron chi connectivity index (χ2n) is 6.06. The van der Waals surface area contributed by atoms with Gasteiger partial charge in [0.1, 0.15) is 0 Å². The van der Waals surface area contributed by atoms with E-state index in [0.29, 0.717) is 5.92 Å². The minimum atomic E-state index is 0.125. The second-order valence-corrected chi connectivity index (χ2v) is 6.06. The summed E-state index contributed by atoms with van der Waals surface area (Å²) in [6.07, 6.45) is 5.45. The van der Waals surface area contributed by atoms with Gasteiger partial charge in [-0.05, 0) is 31.4 Å². The molecule has 0 spiro atoms. The maximum atomic E-state index is 12.3. The molecule has 6 nitrogen and oxygen atoms in total. The van der Waals surface area contributed by atoms with E-state index in [0.717, 1.165) is 45.0 Å². The number of amides is 1. The number of piperidine rings is 1. The van der Waals surface area contributed by atoms with Gasteiger partial charge in [-0.2, -0.15) is 0 Å². The summed E-state index contributed by atoms with van der Waals surface area (Å²) in [7, 11) is 0. The van der Waals surface area contributed by atoms with Crippen molar-refractivity contribution in [2.45, 2.75) is 25.8 Å². The Hall–Kier alpha value is -1.69. The maximum absolute atomic E-state index is 12.3. The molecular weight excluding hydrogens is 266 g/mol. The molecule has 2 aliphatic rings. The average Bonchev–Trinajstić information content (AvgIpc) is 2.95. The Morgan fingerprint density at radius 2 is 2.00 bits per heavy atom. The van der Waals surface area contributed by atoms with E-state index >= 15 is 0 Å². The first-order valence-corrected chi connectivity index (χ1v) is 7.77. The Morgan fingerprint density at radius 1 is 1.29 bits per heavy atom. The zero-order chi connectivity index (χ0) is 14.7. The molecule has 2 unspecified atom stereocenters. The molecule has 114 valence electrons. The molecule has 0 aromatic carbocycles. The SMILES string of the molecule is CC1CNCC1C(=O)NC1CCN(c2ncccn2)CC1. The number of hydrogen-bond donors (Lipinski definition) is 2. The van der Waals surface area contributed by atoms with Gasteiger partial charge in [0.05, 0.1) is 5.92 Å². The fourth-order valence-corrected chi connectivity index (χ4v) is 3.15. The summed E-state index contributed by atoms with van der Waals surface area (Å²) in [6, 6.07) is 2.11. The van der Waals surface area contributed by atoms with E-state index in [9.17, 15) is 4.79 Å². The highest BCUT2D eigenvalue weighted by Crippen LogP contribution is 2.19. The molecule has 2 aliphatic heterocycles. The Morgan fingerprint density at radius 3 is 2.62 bits per heavy atom. The van der Waals surface area contributed by atoms with Gasteiger partial charge in [0.2, 0.25) is 11.9 Å². The van der Waals surface area contributed by atoms with Crippen LogP contribution in [0.15, 0.2) is 18.5 Å². The van der Waals surface area contributed by atoms with E-state index in [1.807, 2.05) is 6.07 Å². The lowest BCUT2D eigenvalue weighted by Crippen LogP contribution is -2.47. The van der Waals surface area contributed by atoms with Crippen LogP contribution in [0, 0.1) is 11.8 Å². The zero-order valence-electron chi connectivity index (χ0n) is 12.5. The molecule has 0 saturated carbocycles. The first kappa shape index (κ1) is 14.3. The lowest BCUT2D eigenvalue weighted by molar-refractivity contribution is -0.126. The van der Waals surface area contributed by atoms with Gasteiger partial charge in [-0.3, -0.25) is 4.79 Å². The van der Waals surface area contributed by atoms with Crippen LogP contribution >= 0.6 is 0 Å². The van der Waals surface area contributed by atoms with Crippen LogP contribution in [0.1, 0.15) is 19.8 Å². The van der Waals surface area contributed by atoms with Crippen LogP contribution in [0.4, 0.5) is 5.95 Å². The highest BCUT2D eigenvalue weighted by molar-refractivity contribution is 5.79. The van der Waals surface area contributed by atoms with E-state index in [4.69, 9.17) is 0 Å². The van der Waals surface area contributed by atoms with Gasteiger partial charge in [-0.25, -0.2) is 9.97 Å². The first-order valence-electron chi connectivity index (χ1n) is 7.77. The van der Waals surface area contributed by atoms with Gasteiger partial charge in [0.15, 0.2) is 0 Å². The van der Waals surface area contributed by atoms with E-state index in [1.54, 1.807) is 12.4 Å². The number of nitrogens with zero attached hydrogens (tertiary/aromatic N) is 3. The number of rotatable bonds is 3. The molecule has 21 heavy (non-hydrogen) atoms. The summed E-state index contributed by atoms with van der Waals surface area (Å²) >= 11 is 0. The van der Waals surface area contributed by atoms with Crippen molar-refractivity contribution in [1.29, 1.82) is 0 Å². The van der Waals surface area contributed by atoms with Crippen molar-refractivity contribution in [1.82, 2.24) is 20.6 Å². The Kier molecular flexibility index (Phi) is 4.34. The summed E-state index contributed by atoms with van der Waals surface area (Å²) in [5.41, 5.74) is 0. The summed E-state index contributed by atoms with van der Waals surface area (Å²) in [5, 5.41) is 6.50. The Balaban J connectivity index is 1.49. The molecule has 3 heterocycles. The fraction of sp³-hybridized carbons (Fsp3) is 0.667. The largest absolute Gasteiger partial charge is 0.353 e. The number of anilines is 1. The van der Waals surface area contributed by atoms with Crippen LogP contribution in [0.25, 0.3) is 0 Å². The van der Waals surface area contributed by atoms with Crippen molar-refractivity contribution in [3.05, 3.63) is 18.5 Å². The third-order valence-electron chi connectivity index (χ3n) is 4.53. The van der Waals surface area contributed by atoms with Gasteiger partial charge in [0, 0.05) is 38.1 Å². The number of aromatic nitrogens is 2. The molecule has 2 N–H and O–H groups in total. The molecule has 0 bridgehead atoms. The lowest BCUT2D eigenvalue weighted by atomic mass is 9.96. The van der Waals surface area contributed by atoms with Crippen molar-refractivity contribution in [2.24, 2.45) is 11.8 Å². The predicted octanol–water partition coefficient (Wildman–Crippen LogP) is 0.417. The van der Waals surface area contributed by atoms with Crippen molar-refractivity contribution >= 4 is 11.9 Å². The monoisotopic (exact) mass is 289 g/mol. The molecule has 1 amide bonds. The summed E-state index contributed by atoms with van der Waals surface area (Å²) < 4.78 is 0. The molecule has 2 fully saturated rings. The third-order valence-corrected chi connectivity index (χ3v) is 4.53. The summed E-state index contributed by atoms with van der Waals surface area (Å²) in [6.45, 7) is 5.69. The molecule has 3 rings (SSSR count). The van der Waals surface area contributed by atoms with Gasteiger partial charge in [-0.15, -0.1) is 0 Å². The van der Waals surface area contributed by atoms with Crippen LogP contribution in [-0.2, 0) is 4.79 Å². The molecule has 2 atom stereocenters. The smallest absolute Gasteiger partial charge is 0.225 e. The van der Waals surface area contributed by atoms with E-state index in [2.05, 4.69) is 32.4 Å². The average molecular weight is 289 g/mol. The summed E-state index contributed by atoms with van der Waals surface area (Å²) in [5.74, 6) is 1.56. The number of carbonyl (C=O) groups is 1. The van der Waals surface area contributed by atoms with E-state index in [1.165, 1.54) is 0 Å². The number of nitrogens with one attached hydrogen (secondary N) is 2. The van der Waals surface area contributed by atoms with Crippen LogP contribution in [0.5, 0.6) is 0 Å². The normalized spacial score (nSPS) is 26.8. The van der Waals surface area contributed by atoms with E-state index in [-0.39, 0.29) is 17.9 Å². The molecule has 0 aliphatic carbocycles.